The predicted molar refractivity (Wildman–Crippen MR) is 60.2 cm³/mol. The highest BCUT2D eigenvalue weighted by Gasteiger charge is 2.33. The van der Waals surface area contributed by atoms with Gasteiger partial charge in [0, 0.05) is 18.1 Å². The Balaban J connectivity index is 1.81. The van der Waals surface area contributed by atoms with Crippen LogP contribution in [0.25, 0.3) is 0 Å². The van der Waals surface area contributed by atoms with Gasteiger partial charge in [-0.05, 0) is 38.6 Å². The van der Waals surface area contributed by atoms with Crippen molar-refractivity contribution in [2.45, 2.75) is 63.6 Å². The topological polar surface area (TPSA) is 29.3 Å². The molecular weight excluding hydrogens is 172 g/mol. The van der Waals surface area contributed by atoms with Crippen molar-refractivity contribution in [1.29, 1.82) is 0 Å². The number of hydrogen-bond acceptors (Lipinski definition) is 2. The van der Waals surface area contributed by atoms with E-state index in [2.05, 4.69) is 18.9 Å². The molecule has 2 aliphatic carbocycles. The van der Waals surface area contributed by atoms with Crippen molar-refractivity contribution in [3.05, 3.63) is 0 Å². The maximum absolute atomic E-state index is 5.84. The molecule has 82 valence electrons. The van der Waals surface area contributed by atoms with Gasteiger partial charge in [0.2, 0.25) is 0 Å². The fourth-order valence-corrected chi connectivity index (χ4v) is 3.03. The zero-order valence-corrected chi connectivity index (χ0v) is 9.58. The van der Waals surface area contributed by atoms with Gasteiger partial charge in [-0.3, -0.25) is 0 Å². The fourth-order valence-electron chi connectivity index (χ4n) is 3.03. The van der Waals surface area contributed by atoms with Crippen LogP contribution in [0.15, 0.2) is 0 Å². The first kappa shape index (κ1) is 10.4. The van der Waals surface area contributed by atoms with Gasteiger partial charge in [-0.25, -0.2) is 0 Å². The zero-order valence-electron chi connectivity index (χ0n) is 9.58. The van der Waals surface area contributed by atoms with Crippen molar-refractivity contribution in [2.24, 2.45) is 11.7 Å². The smallest absolute Gasteiger partial charge is 0.0125 e. The third-order valence-electron chi connectivity index (χ3n) is 4.21. The van der Waals surface area contributed by atoms with Crippen LogP contribution in [-0.2, 0) is 0 Å². The van der Waals surface area contributed by atoms with Gasteiger partial charge in [-0.1, -0.05) is 19.8 Å². The summed E-state index contributed by atoms with van der Waals surface area (Å²) in [5.74, 6) is 0.935. The number of rotatable bonds is 2. The molecule has 2 rings (SSSR count). The molecule has 2 fully saturated rings. The first-order chi connectivity index (χ1) is 6.66. The Morgan fingerprint density at radius 2 is 1.79 bits per heavy atom. The van der Waals surface area contributed by atoms with E-state index in [0.717, 1.165) is 18.0 Å². The minimum absolute atomic E-state index is 0.489. The normalized spacial score (nSPS) is 43.7. The highest BCUT2D eigenvalue weighted by Crippen LogP contribution is 2.32. The molecular formula is C12H24N2. The van der Waals surface area contributed by atoms with Gasteiger partial charge in [0.1, 0.15) is 0 Å². The minimum Gasteiger partial charge on any atom is -0.328 e. The van der Waals surface area contributed by atoms with Crippen LogP contribution in [0.1, 0.15) is 45.4 Å². The van der Waals surface area contributed by atoms with Crippen LogP contribution in [0, 0.1) is 5.92 Å². The van der Waals surface area contributed by atoms with Crippen molar-refractivity contribution < 1.29 is 0 Å². The molecule has 0 spiro atoms. The lowest BCUT2D eigenvalue weighted by atomic mass is 9.81. The lowest BCUT2D eigenvalue weighted by Gasteiger charge is -2.45. The molecule has 0 saturated heterocycles. The van der Waals surface area contributed by atoms with Crippen molar-refractivity contribution >= 4 is 0 Å². The molecule has 0 radical (unpaired) electrons. The quantitative estimate of drug-likeness (QED) is 0.732. The molecule has 0 amide bonds. The number of nitrogens with zero attached hydrogens (tertiary/aromatic N) is 1. The lowest BCUT2D eigenvalue weighted by molar-refractivity contribution is 0.0648. The van der Waals surface area contributed by atoms with Gasteiger partial charge in [0.15, 0.2) is 0 Å². The monoisotopic (exact) mass is 196 g/mol. The van der Waals surface area contributed by atoms with Gasteiger partial charge >= 0.3 is 0 Å². The third kappa shape index (κ3) is 2.12. The standard InChI is InChI=1S/C12H24N2/c1-9-4-3-5-11(6-9)14(2)12-7-10(13)8-12/h9-12H,3-8,13H2,1-2H3. The van der Waals surface area contributed by atoms with Crippen molar-refractivity contribution in [2.75, 3.05) is 7.05 Å². The predicted octanol–water partition coefficient (Wildman–Crippen LogP) is 1.99. The Labute approximate surface area is 87.8 Å². The molecule has 0 aromatic rings. The summed E-state index contributed by atoms with van der Waals surface area (Å²) >= 11 is 0. The lowest BCUT2D eigenvalue weighted by Crippen LogP contribution is -2.53. The van der Waals surface area contributed by atoms with Crippen molar-refractivity contribution in [3.63, 3.8) is 0 Å². The molecule has 14 heavy (non-hydrogen) atoms. The first-order valence-electron chi connectivity index (χ1n) is 6.14. The molecule has 0 aromatic heterocycles. The molecule has 2 nitrogen and oxygen atoms in total. The molecule has 0 heterocycles. The van der Waals surface area contributed by atoms with Gasteiger partial charge < -0.3 is 10.6 Å². The van der Waals surface area contributed by atoms with Crippen LogP contribution in [-0.4, -0.2) is 30.1 Å². The third-order valence-corrected chi connectivity index (χ3v) is 4.21. The van der Waals surface area contributed by atoms with E-state index >= 15 is 0 Å². The van der Waals surface area contributed by atoms with Crippen LogP contribution in [0.2, 0.25) is 0 Å². The zero-order chi connectivity index (χ0) is 10.1. The van der Waals surface area contributed by atoms with Gasteiger partial charge in [-0.2, -0.15) is 0 Å². The molecule has 2 atom stereocenters. The summed E-state index contributed by atoms with van der Waals surface area (Å²) < 4.78 is 0. The Bertz CT molecular complexity index is 187. The Morgan fingerprint density at radius 1 is 1.07 bits per heavy atom. The summed E-state index contributed by atoms with van der Waals surface area (Å²) in [6.45, 7) is 2.40. The average Bonchev–Trinajstić information content (AvgIpc) is 2.12. The largest absolute Gasteiger partial charge is 0.328 e. The molecule has 2 aliphatic rings. The van der Waals surface area contributed by atoms with Gasteiger partial charge in [0.25, 0.3) is 0 Å². The fraction of sp³-hybridized carbons (Fsp3) is 1.00. The van der Waals surface area contributed by atoms with Crippen molar-refractivity contribution in [1.82, 2.24) is 4.90 Å². The Kier molecular flexibility index (Phi) is 3.13. The summed E-state index contributed by atoms with van der Waals surface area (Å²) in [5.41, 5.74) is 5.84. The molecule has 0 aromatic carbocycles. The van der Waals surface area contributed by atoms with Crippen LogP contribution in [0.4, 0.5) is 0 Å². The maximum atomic E-state index is 5.84. The van der Waals surface area contributed by atoms with Crippen molar-refractivity contribution in [3.8, 4) is 0 Å². The SMILES string of the molecule is CC1CCCC(N(C)C2CC(N)C2)C1. The van der Waals surface area contributed by atoms with Gasteiger partial charge in [0.05, 0.1) is 0 Å². The highest BCUT2D eigenvalue weighted by molar-refractivity contribution is 4.91. The van der Waals surface area contributed by atoms with Crippen LogP contribution in [0.3, 0.4) is 0 Å². The number of hydrogen-bond donors (Lipinski definition) is 1. The summed E-state index contributed by atoms with van der Waals surface area (Å²) in [7, 11) is 2.30. The Hall–Kier alpha value is -0.0800. The van der Waals surface area contributed by atoms with E-state index in [1.165, 1.54) is 38.5 Å². The second-order valence-electron chi connectivity index (χ2n) is 5.48. The molecule has 2 saturated carbocycles. The summed E-state index contributed by atoms with van der Waals surface area (Å²) in [5, 5.41) is 0. The maximum Gasteiger partial charge on any atom is 0.0125 e. The van der Waals surface area contributed by atoms with E-state index in [1.54, 1.807) is 0 Å². The second kappa shape index (κ2) is 4.19. The molecule has 2 N–H and O–H groups in total. The van der Waals surface area contributed by atoms with E-state index in [0.29, 0.717) is 6.04 Å². The van der Waals surface area contributed by atoms with E-state index in [9.17, 15) is 0 Å². The summed E-state index contributed by atoms with van der Waals surface area (Å²) in [6, 6.07) is 2.13. The van der Waals surface area contributed by atoms with E-state index in [-0.39, 0.29) is 0 Å². The molecule has 0 bridgehead atoms. The van der Waals surface area contributed by atoms with Crippen LogP contribution in [0.5, 0.6) is 0 Å². The minimum atomic E-state index is 0.489. The Morgan fingerprint density at radius 3 is 2.36 bits per heavy atom. The summed E-state index contributed by atoms with van der Waals surface area (Å²) in [4.78, 5) is 2.61. The van der Waals surface area contributed by atoms with Gasteiger partial charge in [-0.15, -0.1) is 0 Å². The van der Waals surface area contributed by atoms with E-state index < -0.39 is 0 Å². The molecule has 2 heteroatoms. The van der Waals surface area contributed by atoms with E-state index in [1.807, 2.05) is 0 Å². The van der Waals surface area contributed by atoms with E-state index in [4.69, 9.17) is 5.73 Å². The highest BCUT2D eigenvalue weighted by atomic mass is 15.2. The second-order valence-corrected chi connectivity index (χ2v) is 5.48. The molecule has 0 aliphatic heterocycles. The van der Waals surface area contributed by atoms with Crippen LogP contribution >= 0.6 is 0 Å². The number of nitrogens with two attached hydrogens (primary N) is 1. The average molecular weight is 196 g/mol. The summed E-state index contributed by atoms with van der Waals surface area (Å²) in [6.07, 6.45) is 8.13. The first-order valence-corrected chi connectivity index (χ1v) is 6.14. The molecule has 2 unspecified atom stereocenters. The van der Waals surface area contributed by atoms with Crippen LogP contribution < -0.4 is 5.73 Å².